The molecule has 0 saturated heterocycles. The number of aromatic nitrogens is 1. The first kappa shape index (κ1) is 20.0. The maximum Gasteiger partial charge on any atom is 0.162 e. The molecule has 0 spiro atoms. The number of ether oxygens (including phenoxy) is 3. The zero-order valence-electron chi connectivity index (χ0n) is 17.5. The number of benzene rings is 2. The van der Waals surface area contributed by atoms with E-state index < -0.39 is 0 Å². The van der Waals surface area contributed by atoms with Gasteiger partial charge in [0, 0.05) is 18.0 Å². The highest BCUT2D eigenvalue weighted by molar-refractivity contribution is 5.92. The van der Waals surface area contributed by atoms with Gasteiger partial charge in [0.15, 0.2) is 11.5 Å². The van der Waals surface area contributed by atoms with E-state index in [0.717, 1.165) is 52.4 Å². The highest BCUT2D eigenvalue weighted by atomic mass is 16.5. The number of hydrogen-bond acceptors (Lipinski definition) is 4. The van der Waals surface area contributed by atoms with Crippen LogP contribution in [0.5, 0.6) is 17.2 Å². The van der Waals surface area contributed by atoms with E-state index in [2.05, 4.69) is 29.3 Å². The molecule has 30 heavy (non-hydrogen) atoms. The van der Waals surface area contributed by atoms with Gasteiger partial charge < -0.3 is 14.2 Å². The standard InChI is InChI=1S/C26H27NO3/c1-28-24-10-6-3-7-21(24)17-23(19-13-15-27-16-14-19)20-11-12-25(29-2)26(18-20)30-22-8-4-5-9-22/h3,6-7,10-18,22H,4-5,8-9H2,1-2H3. The topological polar surface area (TPSA) is 40.6 Å². The molecule has 1 aliphatic carbocycles. The summed E-state index contributed by atoms with van der Waals surface area (Å²) in [5.74, 6) is 2.39. The maximum absolute atomic E-state index is 6.33. The molecule has 1 fully saturated rings. The first-order chi connectivity index (χ1) is 14.8. The second-order valence-electron chi connectivity index (χ2n) is 7.43. The van der Waals surface area contributed by atoms with Gasteiger partial charge in [0.25, 0.3) is 0 Å². The number of rotatable bonds is 7. The molecule has 4 rings (SSSR count). The summed E-state index contributed by atoms with van der Waals surface area (Å²) < 4.78 is 17.5. The number of hydrogen-bond donors (Lipinski definition) is 0. The van der Waals surface area contributed by atoms with Gasteiger partial charge in [-0.25, -0.2) is 0 Å². The lowest BCUT2D eigenvalue weighted by Gasteiger charge is -2.18. The van der Waals surface area contributed by atoms with Gasteiger partial charge in [-0.3, -0.25) is 4.98 Å². The second kappa shape index (κ2) is 9.49. The minimum absolute atomic E-state index is 0.261. The summed E-state index contributed by atoms with van der Waals surface area (Å²) in [4.78, 5) is 4.18. The molecule has 0 N–H and O–H groups in total. The van der Waals surface area contributed by atoms with Crippen molar-refractivity contribution in [3.63, 3.8) is 0 Å². The highest BCUT2D eigenvalue weighted by Crippen LogP contribution is 2.37. The lowest BCUT2D eigenvalue weighted by molar-refractivity contribution is 0.201. The normalized spacial score (nSPS) is 14.5. The first-order valence-electron chi connectivity index (χ1n) is 10.4. The van der Waals surface area contributed by atoms with Gasteiger partial charge in [-0.05, 0) is 78.8 Å². The van der Waals surface area contributed by atoms with E-state index in [-0.39, 0.29) is 6.10 Å². The number of methoxy groups -OCH3 is 2. The molecule has 1 aromatic heterocycles. The molecule has 1 saturated carbocycles. The molecule has 0 radical (unpaired) electrons. The van der Waals surface area contributed by atoms with Crippen LogP contribution in [0.25, 0.3) is 11.6 Å². The van der Waals surface area contributed by atoms with Gasteiger partial charge in [-0.1, -0.05) is 24.3 Å². The third kappa shape index (κ3) is 4.48. The summed E-state index contributed by atoms with van der Waals surface area (Å²) in [6, 6.07) is 18.2. The highest BCUT2D eigenvalue weighted by Gasteiger charge is 2.19. The Hall–Kier alpha value is -3.27. The van der Waals surface area contributed by atoms with Crippen LogP contribution in [0.1, 0.15) is 42.4 Å². The number of nitrogens with zero attached hydrogens (tertiary/aromatic N) is 1. The molecule has 0 bridgehead atoms. The largest absolute Gasteiger partial charge is 0.496 e. The van der Waals surface area contributed by atoms with Crippen LogP contribution >= 0.6 is 0 Å². The minimum Gasteiger partial charge on any atom is -0.496 e. The molecular weight excluding hydrogens is 374 g/mol. The average Bonchev–Trinajstić information content (AvgIpc) is 3.31. The van der Waals surface area contributed by atoms with Gasteiger partial charge in [0.2, 0.25) is 0 Å². The molecule has 0 aliphatic heterocycles. The first-order valence-corrected chi connectivity index (χ1v) is 10.4. The van der Waals surface area contributed by atoms with Crippen molar-refractivity contribution in [2.75, 3.05) is 14.2 Å². The van der Waals surface area contributed by atoms with Crippen molar-refractivity contribution >= 4 is 11.6 Å². The second-order valence-corrected chi connectivity index (χ2v) is 7.43. The fourth-order valence-electron chi connectivity index (χ4n) is 3.93. The molecule has 0 atom stereocenters. The zero-order valence-corrected chi connectivity index (χ0v) is 17.5. The van der Waals surface area contributed by atoms with Crippen molar-refractivity contribution in [2.24, 2.45) is 0 Å². The lowest BCUT2D eigenvalue weighted by Crippen LogP contribution is -2.11. The van der Waals surface area contributed by atoms with Crippen LogP contribution in [0.4, 0.5) is 0 Å². The van der Waals surface area contributed by atoms with Crippen molar-refractivity contribution in [1.82, 2.24) is 4.98 Å². The van der Waals surface area contributed by atoms with Crippen molar-refractivity contribution in [1.29, 1.82) is 0 Å². The quantitative estimate of drug-likeness (QED) is 0.455. The van der Waals surface area contributed by atoms with E-state index >= 15 is 0 Å². The SMILES string of the molecule is COc1ccccc1C=C(c1ccncc1)c1ccc(OC)c(OC2CCCC2)c1. The molecule has 3 aromatic rings. The Labute approximate surface area is 178 Å². The fraction of sp³-hybridized carbons (Fsp3) is 0.269. The summed E-state index contributed by atoms with van der Waals surface area (Å²) >= 11 is 0. The fourth-order valence-corrected chi connectivity index (χ4v) is 3.93. The molecule has 154 valence electrons. The van der Waals surface area contributed by atoms with Gasteiger partial charge in [-0.2, -0.15) is 0 Å². The van der Waals surface area contributed by atoms with Gasteiger partial charge in [0.05, 0.1) is 20.3 Å². The van der Waals surface area contributed by atoms with E-state index in [1.54, 1.807) is 14.2 Å². The van der Waals surface area contributed by atoms with Gasteiger partial charge in [0.1, 0.15) is 5.75 Å². The Morgan fingerprint density at radius 1 is 0.833 bits per heavy atom. The van der Waals surface area contributed by atoms with Crippen LogP contribution in [0.2, 0.25) is 0 Å². The Morgan fingerprint density at radius 2 is 1.57 bits per heavy atom. The third-order valence-corrected chi connectivity index (χ3v) is 5.50. The maximum atomic E-state index is 6.33. The molecule has 2 aromatic carbocycles. The van der Waals surface area contributed by atoms with Crippen LogP contribution in [0, 0.1) is 0 Å². The smallest absolute Gasteiger partial charge is 0.162 e. The van der Waals surface area contributed by atoms with E-state index in [9.17, 15) is 0 Å². The Bertz CT molecular complexity index is 1010. The Morgan fingerprint density at radius 3 is 2.30 bits per heavy atom. The number of para-hydroxylation sites is 1. The average molecular weight is 402 g/mol. The van der Waals surface area contributed by atoms with Crippen molar-refractivity contribution < 1.29 is 14.2 Å². The van der Waals surface area contributed by atoms with Crippen LogP contribution < -0.4 is 14.2 Å². The molecule has 1 aliphatic rings. The van der Waals surface area contributed by atoms with E-state index in [0.29, 0.717) is 0 Å². The predicted octanol–water partition coefficient (Wildman–Crippen LogP) is 6.01. The van der Waals surface area contributed by atoms with Gasteiger partial charge in [-0.15, -0.1) is 0 Å². The van der Waals surface area contributed by atoms with E-state index in [1.165, 1.54) is 12.8 Å². The Balaban J connectivity index is 1.80. The molecule has 4 heteroatoms. The predicted molar refractivity (Wildman–Crippen MR) is 120 cm³/mol. The van der Waals surface area contributed by atoms with Crippen LogP contribution in [-0.2, 0) is 0 Å². The van der Waals surface area contributed by atoms with E-state index in [1.807, 2.05) is 48.8 Å². The Kier molecular flexibility index (Phi) is 6.33. The summed E-state index contributed by atoms with van der Waals surface area (Å²) in [6.07, 6.45) is 10.7. The van der Waals surface area contributed by atoms with Crippen molar-refractivity contribution in [3.05, 3.63) is 83.7 Å². The monoisotopic (exact) mass is 401 g/mol. The van der Waals surface area contributed by atoms with Crippen molar-refractivity contribution in [2.45, 2.75) is 31.8 Å². The van der Waals surface area contributed by atoms with Gasteiger partial charge >= 0.3 is 0 Å². The summed E-state index contributed by atoms with van der Waals surface area (Å²) in [5, 5.41) is 0. The molecule has 0 amide bonds. The zero-order chi connectivity index (χ0) is 20.8. The minimum atomic E-state index is 0.261. The summed E-state index contributed by atoms with van der Waals surface area (Å²) in [6.45, 7) is 0. The lowest BCUT2D eigenvalue weighted by atomic mass is 9.95. The van der Waals surface area contributed by atoms with Crippen LogP contribution in [0.3, 0.4) is 0 Å². The van der Waals surface area contributed by atoms with Crippen molar-refractivity contribution in [3.8, 4) is 17.2 Å². The molecule has 1 heterocycles. The van der Waals surface area contributed by atoms with Crippen LogP contribution in [0.15, 0.2) is 67.0 Å². The molecular formula is C26H27NO3. The molecule has 0 unspecified atom stereocenters. The molecule has 4 nitrogen and oxygen atoms in total. The van der Waals surface area contributed by atoms with Crippen LogP contribution in [-0.4, -0.2) is 25.3 Å². The summed E-state index contributed by atoms with van der Waals surface area (Å²) in [7, 11) is 3.38. The summed E-state index contributed by atoms with van der Waals surface area (Å²) in [5.41, 5.74) is 4.22. The van der Waals surface area contributed by atoms with E-state index in [4.69, 9.17) is 14.2 Å². The third-order valence-electron chi connectivity index (χ3n) is 5.50. The number of pyridine rings is 1.